The molecule has 1 heterocycles. The molecule has 0 fully saturated rings. The molecule has 2 aromatic rings. The first-order chi connectivity index (χ1) is 9.45. The van der Waals surface area contributed by atoms with Crippen LogP contribution in [0.15, 0.2) is 30.3 Å². The SMILES string of the molecule is CN(Cc1ccc(Cl)s1)Cc1ccc(C(=N)N)cc1F. The Morgan fingerprint density at radius 3 is 2.65 bits per heavy atom. The Morgan fingerprint density at radius 2 is 2.10 bits per heavy atom. The molecule has 0 aliphatic heterocycles. The van der Waals surface area contributed by atoms with Gasteiger partial charge in [-0.1, -0.05) is 23.7 Å². The smallest absolute Gasteiger partial charge is 0.128 e. The van der Waals surface area contributed by atoms with Crippen molar-refractivity contribution in [1.82, 2.24) is 4.90 Å². The Morgan fingerprint density at radius 1 is 1.35 bits per heavy atom. The van der Waals surface area contributed by atoms with E-state index in [2.05, 4.69) is 0 Å². The van der Waals surface area contributed by atoms with Crippen molar-refractivity contribution in [3.8, 4) is 0 Å². The number of halogens is 2. The number of amidine groups is 1. The fraction of sp³-hybridized carbons (Fsp3) is 0.214. The lowest BCUT2D eigenvalue weighted by Gasteiger charge is -2.16. The third kappa shape index (κ3) is 3.79. The van der Waals surface area contributed by atoms with E-state index >= 15 is 0 Å². The highest BCUT2D eigenvalue weighted by atomic mass is 35.5. The monoisotopic (exact) mass is 311 g/mol. The van der Waals surface area contributed by atoms with Crippen LogP contribution in [0.2, 0.25) is 4.34 Å². The van der Waals surface area contributed by atoms with E-state index in [1.54, 1.807) is 12.1 Å². The minimum absolute atomic E-state index is 0.128. The van der Waals surface area contributed by atoms with Gasteiger partial charge in [0.15, 0.2) is 0 Å². The summed E-state index contributed by atoms with van der Waals surface area (Å²) in [5.74, 6) is -0.467. The van der Waals surface area contributed by atoms with Gasteiger partial charge in [-0.25, -0.2) is 4.39 Å². The van der Waals surface area contributed by atoms with Gasteiger partial charge in [0.05, 0.1) is 4.34 Å². The van der Waals surface area contributed by atoms with Crippen LogP contribution < -0.4 is 5.73 Å². The summed E-state index contributed by atoms with van der Waals surface area (Å²) in [7, 11) is 1.92. The van der Waals surface area contributed by atoms with E-state index < -0.39 is 0 Å². The molecule has 3 nitrogen and oxygen atoms in total. The first-order valence-corrected chi connectivity index (χ1v) is 7.20. The van der Waals surface area contributed by atoms with Crippen molar-refractivity contribution in [3.63, 3.8) is 0 Å². The Bertz CT molecular complexity index is 627. The summed E-state index contributed by atoms with van der Waals surface area (Å²) in [5.41, 5.74) is 6.32. The molecule has 1 aromatic carbocycles. The Labute approximate surface area is 126 Å². The Hall–Kier alpha value is -1.43. The fourth-order valence-corrected chi connectivity index (χ4v) is 3.06. The largest absolute Gasteiger partial charge is 0.384 e. The molecule has 0 aliphatic rings. The minimum Gasteiger partial charge on any atom is -0.384 e. The van der Waals surface area contributed by atoms with Crippen LogP contribution in [0.3, 0.4) is 0 Å². The molecular weight excluding hydrogens is 297 g/mol. The van der Waals surface area contributed by atoms with Crippen molar-refractivity contribution in [2.75, 3.05) is 7.05 Å². The third-order valence-corrected chi connectivity index (χ3v) is 4.07. The predicted molar refractivity (Wildman–Crippen MR) is 81.9 cm³/mol. The van der Waals surface area contributed by atoms with E-state index in [1.807, 2.05) is 24.1 Å². The van der Waals surface area contributed by atoms with Gasteiger partial charge in [-0.05, 0) is 25.2 Å². The number of rotatable bonds is 5. The van der Waals surface area contributed by atoms with Crippen molar-refractivity contribution in [3.05, 3.63) is 56.5 Å². The van der Waals surface area contributed by atoms with E-state index in [-0.39, 0.29) is 11.7 Å². The number of hydrogen-bond acceptors (Lipinski definition) is 3. The molecule has 1 aromatic heterocycles. The maximum atomic E-state index is 13.9. The Balaban J connectivity index is 2.04. The highest BCUT2D eigenvalue weighted by Gasteiger charge is 2.09. The van der Waals surface area contributed by atoms with Crippen LogP contribution >= 0.6 is 22.9 Å². The maximum absolute atomic E-state index is 13.9. The van der Waals surface area contributed by atoms with Gasteiger partial charge in [0, 0.05) is 29.1 Å². The van der Waals surface area contributed by atoms with Crippen molar-refractivity contribution in [2.45, 2.75) is 13.1 Å². The van der Waals surface area contributed by atoms with Crippen LogP contribution in [0.1, 0.15) is 16.0 Å². The van der Waals surface area contributed by atoms with E-state index in [0.29, 0.717) is 24.2 Å². The van der Waals surface area contributed by atoms with Gasteiger partial charge >= 0.3 is 0 Å². The summed E-state index contributed by atoms with van der Waals surface area (Å²) in [6.07, 6.45) is 0. The van der Waals surface area contributed by atoms with Crippen molar-refractivity contribution >= 4 is 28.8 Å². The third-order valence-electron chi connectivity index (χ3n) is 2.86. The molecule has 0 radical (unpaired) electrons. The second-order valence-corrected chi connectivity index (χ2v) is 6.40. The van der Waals surface area contributed by atoms with E-state index in [9.17, 15) is 4.39 Å². The van der Waals surface area contributed by atoms with Gasteiger partial charge in [-0.2, -0.15) is 0 Å². The number of nitrogens with zero attached hydrogens (tertiary/aromatic N) is 1. The molecule has 0 amide bonds. The zero-order valence-electron chi connectivity index (χ0n) is 11.0. The molecule has 20 heavy (non-hydrogen) atoms. The molecule has 0 bridgehead atoms. The predicted octanol–water partition coefficient (Wildman–Crippen LogP) is 3.46. The zero-order valence-corrected chi connectivity index (χ0v) is 12.6. The lowest BCUT2D eigenvalue weighted by Crippen LogP contribution is -2.18. The van der Waals surface area contributed by atoms with Crippen molar-refractivity contribution in [1.29, 1.82) is 5.41 Å². The lowest BCUT2D eigenvalue weighted by atomic mass is 10.1. The van der Waals surface area contributed by atoms with Gasteiger partial charge in [0.1, 0.15) is 11.7 Å². The number of nitrogens with one attached hydrogen (secondary N) is 1. The molecule has 0 saturated heterocycles. The van der Waals surface area contributed by atoms with Gasteiger partial charge in [-0.3, -0.25) is 10.3 Å². The molecule has 106 valence electrons. The molecule has 3 N–H and O–H groups in total. The maximum Gasteiger partial charge on any atom is 0.128 e. The standard InChI is InChI=1S/C14H15ClFN3S/c1-19(8-11-4-5-13(15)20-11)7-10-3-2-9(14(17)18)6-12(10)16/h2-6H,7-8H2,1H3,(H3,17,18). The van der Waals surface area contributed by atoms with Gasteiger partial charge in [0.25, 0.3) is 0 Å². The van der Waals surface area contributed by atoms with Crippen LogP contribution in [-0.4, -0.2) is 17.8 Å². The van der Waals surface area contributed by atoms with E-state index in [4.69, 9.17) is 22.7 Å². The first-order valence-electron chi connectivity index (χ1n) is 6.01. The van der Waals surface area contributed by atoms with Gasteiger partial charge in [0.2, 0.25) is 0 Å². The highest BCUT2D eigenvalue weighted by Crippen LogP contribution is 2.23. The zero-order chi connectivity index (χ0) is 14.7. The summed E-state index contributed by atoms with van der Waals surface area (Å²) < 4.78 is 14.7. The number of nitrogens with two attached hydrogens (primary N) is 1. The summed E-state index contributed by atoms with van der Waals surface area (Å²) in [5, 5.41) is 7.28. The minimum atomic E-state index is -0.339. The van der Waals surface area contributed by atoms with Crippen LogP contribution in [0.5, 0.6) is 0 Å². The Kier molecular flexibility index (Phi) is 4.75. The van der Waals surface area contributed by atoms with Gasteiger partial charge in [-0.15, -0.1) is 11.3 Å². The fourth-order valence-electron chi connectivity index (χ4n) is 1.89. The summed E-state index contributed by atoms with van der Waals surface area (Å²) in [6, 6.07) is 8.46. The second-order valence-electron chi connectivity index (χ2n) is 4.60. The van der Waals surface area contributed by atoms with Crippen LogP contribution in [0.25, 0.3) is 0 Å². The molecule has 0 aliphatic carbocycles. The summed E-state index contributed by atoms with van der Waals surface area (Å²) in [6.45, 7) is 1.20. The molecule has 0 spiro atoms. The molecule has 0 unspecified atom stereocenters. The first kappa shape index (κ1) is 15.0. The van der Waals surface area contributed by atoms with Crippen molar-refractivity contribution in [2.24, 2.45) is 5.73 Å². The number of hydrogen-bond donors (Lipinski definition) is 2. The molecule has 0 atom stereocenters. The summed E-state index contributed by atoms with van der Waals surface area (Å²) in [4.78, 5) is 3.15. The van der Waals surface area contributed by atoms with E-state index in [0.717, 1.165) is 9.21 Å². The molecular formula is C14H15ClFN3S. The average molecular weight is 312 g/mol. The summed E-state index contributed by atoms with van der Waals surface area (Å²) >= 11 is 7.41. The number of benzene rings is 1. The number of nitrogen functional groups attached to an aromatic ring is 1. The van der Waals surface area contributed by atoms with Crippen LogP contribution in [-0.2, 0) is 13.1 Å². The molecule has 0 saturated carbocycles. The van der Waals surface area contributed by atoms with Crippen LogP contribution in [0, 0.1) is 11.2 Å². The topological polar surface area (TPSA) is 53.1 Å². The van der Waals surface area contributed by atoms with Crippen molar-refractivity contribution < 1.29 is 4.39 Å². The quantitative estimate of drug-likeness (QED) is 0.656. The highest BCUT2D eigenvalue weighted by molar-refractivity contribution is 7.16. The molecule has 6 heteroatoms. The molecule has 2 rings (SSSR count). The van der Waals surface area contributed by atoms with Crippen LogP contribution in [0.4, 0.5) is 4.39 Å². The van der Waals surface area contributed by atoms with Gasteiger partial charge < -0.3 is 5.73 Å². The average Bonchev–Trinajstić information content (AvgIpc) is 2.77. The second kappa shape index (κ2) is 6.35. The number of thiophene rings is 1. The lowest BCUT2D eigenvalue weighted by molar-refractivity contribution is 0.316. The normalized spacial score (nSPS) is 11.0. The van der Waals surface area contributed by atoms with E-state index in [1.165, 1.54) is 17.4 Å².